The Morgan fingerprint density at radius 2 is 2.05 bits per heavy atom. The second kappa shape index (κ2) is 4.96. The molecule has 2 heterocycles. The van der Waals surface area contributed by atoms with Crippen molar-refractivity contribution in [3.63, 3.8) is 0 Å². The van der Waals surface area contributed by atoms with E-state index in [4.69, 9.17) is 0 Å². The number of carbonyl (C=O) groups is 1. The standard InChI is InChI=1S/C14H21N3O2/c1-10-4-9-17(15-10)12-5-7-16(8-6-12)14(19)13(18)11-2-3-11/h4,9,11-13,18H,2-3,5-8H2,1H3. The average molecular weight is 263 g/mol. The molecule has 0 radical (unpaired) electrons. The Morgan fingerprint density at radius 1 is 1.37 bits per heavy atom. The van der Waals surface area contributed by atoms with Crippen molar-refractivity contribution >= 4 is 5.91 Å². The number of aryl methyl sites for hydroxylation is 1. The van der Waals surface area contributed by atoms with Crippen LogP contribution in [0.4, 0.5) is 0 Å². The fourth-order valence-electron chi connectivity index (χ4n) is 2.79. The van der Waals surface area contributed by atoms with Gasteiger partial charge < -0.3 is 10.0 Å². The Hall–Kier alpha value is -1.36. The minimum atomic E-state index is -0.761. The SMILES string of the molecule is Cc1ccn(C2CCN(C(=O)C(O)C3CC3)CC2)n1. The fraction of sp³-hybridized carbons (Fsp3) is 0.714. The van der Waals surface area contributed by atoms with Gasteiger partial charge in [0, 0.05) is 19.3 Å². The number of likely N-dealkylation sites (tertiary alicyclic amines) is 1. The molecule has 1 amide bonds. The van der Waals surface area contributed by atoms with Gasteiger partial charge in [0.05, 0.1) is 11.7 Å². The van der Waals surface area contributed by atoms with Gasteiger partial charge in [0.15, 0.2) is 0 Å². The maximum absolute atomic E-state index is 12.1. The lowest BCUT2D eigenvalue weighted by Crippen LogP contribution is -2.44. The minimum absolute atomic E-state index is 0.0717. The van der Waals surface area contributed by atoms with Gasteiger partial charge in [-0.05, 0) is 44.6 Å². The molecule has 19 heavy (non-hydrogen) atoms. The average Bonchev–Trinajstić information content (AvgIpc) is 3.19. The summed E-state index contributed by atoms with van der Waals surface area (Å²) in [6.45, 7) is 3.44. The van der Waals surface area contributed by atoms with Crippen LogP contribution in [-0.2, 0) is 4.79 Å². The summed E-state index contributed by atoms with van der Waals surface area (Å²) in [7, 11) is 0. The van der Waals surface area contributed by atoms with Gasteiger partial charge in [0.2, 0.25) is 0 Å². The van der Waals surface area contributed by atoms with Crippen LogP contribution >= 0.6 is 0 Å². The molecule has 1 aliphatic carbocycles. The maximum Gasteiger partial charge on any atom is 0.251 e. The lowest BCUT2D eigenvalue weighted by atomic mass is 10.0. The first-order valence-electron chi connectivity index (χ1n) is 7.14. The first-order valence-corrected chi connectivity index (χ1v) is 7.14. The van der Waals surface area contributed by atoms with E-state index in [1.54, 1.807) is 0 Å². The molecule has 2 fully saturated rings. The number of nitrogens with zero attached hydrogens (tertiary/aromatic N) is 3. The Balaban J connectivity index is 1.55. The molecule has 0 aromatic carbocycles. The highest BCUT2D eigenvalue weighted by Gasteiger charge is 2.37. The van der Waals surface area contributed by atoms with Crippen molar-refractivity contribution in [1.29, 1.82) is 0 Å². The third kappa shape index (κ3) is 2.66. The van der Waals surface area contributed by atoms with Crippen LogP contribution in [0.3, 0.4) is 0 Å². The van der Waals surface area contributed by atoms with E-state index in [2.05, 4.69) is 5.10 Å². The molecule has 1 saturated carbocycles. The quantitative estimate of drug-likeness (QED) is 0.889. The van der Waals surface area contributed by atoms with Crippen molar-refractivity contribution in [2.45, 2.75) is 44.8 Å². The van der Waals surface area contributed by atoms with Crippen molar-refractivity contribution in [3.8, 4) is 0 Å². The summed E-state index contributed by atoms with van der Waals surface area (Å²) in [6, 6.07) is 2.39. The first-order chi connectivity index (χ1) is 9.15. The first kappa shape index (κ1) is 12.7. The minimum Gasteiger partial charge on any atom is -0.383 e. The van der Waals surface area contributed by atoms with Gasteiger partial charge in [0.25, 0.3) is 5.91 Å². The third-order valence-electron chi connectivity index (χ3n) is 4.21. The van der Waals surface area contributed by atoms with Crippen LogP contribution in [0.15, 0.2) is 12.3 Å². The van der Waals surface area contributed by atoms with E-state index in [0.29, 0.717) is 6.04 Å². The summed E-state index contributed by atoms with van der Waals surface area (Å²) >= 11 is 0. The van der Waals surface area contributed by atoms with Crippen LogP contribution < -0.4 is 0 Å². The van der Waals surface area contributed by atoms with Crippen molar-refractivity contribution in [3.05, 3.63) is 18.0 Å². The number of carbonyl (C=O) groups excluding carboxylic acids is 1. The molecule has 1 atom stereocenters. The van der Waals surface area contributed by atoms with Gasteiger partial charge >= 0.3 is 0 Å². The van der Waals surface area contributed by atoms with Gasteiger partial charge in [-0.25, -0.2) is 0 Å². The number of aliphatic hydroxyl groups excluding tert-OH is 1. The number of amides is 1. The van der Waals surface area contributed by atoms with E-state index >= 15 is 0 Å². The molecular weight excluding hydrogens is 242 g/mol. The lowest BCUT2D eigenvalue weighted by molar-refractivity contribution is -0.142. The van der Waals surface area contributed by atoms with Crippen LogP contribution in [0.1, 0.15) is 37.4 Å². The summed E-state index contributed by atoms with van der Waals surface area (Å²) in [5.74, 6) is 0.150. The summed E-state index contributed by atoms with van der Waals surface area (Å²) in [6.07, 6.45) is 5.08. The van der Waals surface area contributed by atoms with E-state index in [1.807, 2.05) is 28.8 Å². The van der Waals surface area contributed by atoms with E-state index in [-0.39, 0.29) is 11.8 Å². The van der Waals surface area contributed by atoms with Gasteiger partial charge in [0.1, 0.15) is 6.10 Å². The topological polar surface area (TPSA) is 58.4 Å². The number of aliphatic hydroxyl groups is 1. The van der Waals surface area contributed by atoms with E-state index < -0.39 is 6.10 Å². The Kier molecular flexibility index (Phi) is 3.31. The molecule has 1 aromatic rings. The molecule has 1 aliphatic heterocycles. The zero-order valence-corrected chi connectivity index (χ0v) is 11.3. The Bertz CT molecular complexity index is 459. The van der Waals surface area contributed by atoms with Crippen molar-refractivity contribution in [1.82, 2.24) is 14.7 Å². The van der Waals surface area contributed by atoms with E-state index in [1.165, 1.54) is 0 Å². The van der Waals surface area contributed by atoms with Gasteiger partial charge in [-0.15, -0.1) is 0 Å². The second-order valence-electron chi connectivity index (χ2n) is 5.78. The van der Waals surface area contributed by atoms with E-state index in [9.17, 15) is 9.90 Å². The van der Waals surface area contributed by atoms with Gasteiger partial charge in [-0.3, -0.25) is 9.48 Å². The second-order valence-corrected chi connectivity index (χ2v) is 5.78. The zero-order valence-electron chi connectivity index (χ0n) is 11.3. The fourth-order valence-corrected chi connectivity index (χ4v) is 2.79. The molecule has 3 rings (SSSR count). The van der Waals surface area contributed by atoms with Gasteiger partial charge in [-0.1, -0.05) is 0 Å². The summed E-state index contributed by atoms with van der Waals surface area (Å²) in [4.78, 5) is 13.9. The molecule has 1 unspecified atom stereocenters. The molecule has 1 saturated heterocycles. The van der Waals surface area contributed by atoms with Crippen LogP contribution in [-0.4, -0.2) is 44.9 Å². The van der Waals surface area contributed by atoms with Crippen LogP contribution in [0.5, 0.6) is 0 Å². The molecule has 1 N–H and O–H groups in total. The monoisotopic (exact) mass is 263 g/mol. The molecular formula is C14H21N3O2. The predicted molar refractivity (Wildman–Crippen MR) is 70.5 cm³/mol. The van der Waals surface area contributed by atoms with Crippen molar-refractivity contribution < 1.29 is 9.90 Å². The summed E-state index contributed by atoms with van der Waals surface area (Å²) < 4.78 is 2.01. The molecule has 1 aromatic heterocycles. The highest BCUT2D eigenvalue weighted by molar-refractivity contribution is 5.81. The lowest BCUT2D eigenvalue weighted by Gasteiger charge is -2.33. The van der Waals surface area contributed by atoms with Crippen molar-refractivity contribution in [2.75, 3.05) is 13.1 Å². The Morgan fingerprint density at radius 3 is 2.58 bits per heavy atom. The van der Waals surface area contributed by atoms with Crippen LogP contribution in [0, 0.1) is 12.8 Å². The number of aromatic nitrogens is 2. The summed E-state index contributed by atoms with van der Waals surface area (Å²) in [5, 5.41) is 14.3. The number of piperidine rings is 1. The van der Waals surface area contributed by atoms with Crippen molar-refractivity contribution in [2.24, 2.45) is 5.92 Å². The molecule has 104 valence electrons. The van der Waals surface area contributed by atoms with Gasteiger partial charge in [-0.2, -0.15) is 5.10 Å². The molecule has 2 aliphatic rings. The third-order valence-corrected chi connectivity index (χ3v) is 4.21. The normalized spacial score (nSPS) is 22.5. The molecule has 0 bridgehead atoms. The smallest absolute Gasteiger partial charge is 0.251 e. The molecule has 5 nitrogen and oxygen atoms in total. The largest absolute Gasteiger partial charge is 0.383 e. The molecule has 0 spiro atoms. The van der Waals surface area contributed by atoms with E-state index in [0.717, 1.165) is 44.5 Å². The zero-order chi connectivity index (χ0) is 13.4. The van der Waals surface area contributed by atoms with Crippen LogP contribution in [0.2, 0.25) is 0 Å². The van der Waals surface area contributed by atoms with Crippen LogP contribution in [0.25, 0.3) is 0 Å². The highest BCUT2D eigenvalue weighted by Crippen LogP contribution is 2.34. The summed E-state index contributed by atoms with van der Waals surface area (Å²) in [5.41, 5.74) is 1.03. The molecule has 5 heteroatoms. The number of hydrogen-bond acceptors (Lipinski definition) is 3. The maximum atomic E-state index is 12.1. The number of hydrogen-bond donors (Lipinski definition) is 1. The highest BCUT2D eigenvalue weighted by atomic mass is 16.3. The number of rotatable bonds is 3. The Labute approximate surface area is 113 Å². The predicted octanol–water partition coefficient (Wildman–Crippen LogP) is 1.13.